The second-order valence-electron chi connectivity index (χ2n) is 3.87. The number of rotatable bonds is 3. The van der Waals surface area contributed by atoms with E-state index in [1.54, 1.807) is 29.6 Å². The van der Waals surface area contributed by atoms with E-state index in [9.17, 15) is 14.3 Å². The van der Waals surface area contributed by atoms with Gasteiger partial charge in [-0.05, 0) is 36.6 Å². The van der Waals surface area contributed by atoms with Gasteiger partial charge < -0.3 is 5.11 Å². The van der Waals surface area contributed by atoms with E-state index >= 15 is 0 Å². The molecule has 0 radical (unpaired) electrons. The van der Waals surface area contributed by atoms with Gasteiger partial charge in [0.05, 0.1) is 5.57 Å². The number of aryl methyl sites for hydroxylation is 1. The van der Waals surface area contributed by atoms with E-state index in [-0.39, 0.29) is 5.57 Å². The first kappa shape index (κ1) is 12.5. The largest absolute Gasteiger partial charge is 0.478 e. The molecule has 0 aliphatic heterocycles. The molecule has 1 N–H and O–H groups in total. The minimum absolute atomic E-state index is 0.106. The number of benzene rings is 1. The molecule has 0 aliphatic carbocycles. The summed E-state index contributed by atoms with van der Waals surface area (Å²) >= 11 is 1.32. The van der Waals surface area contributed by atoms with Gasteiger partial charge in [-0.15, -0.1) is 11.3 Å². The van der Waals surface area contributed by atoms with Crippen molar-refractivity contribution in [2.45, 2.75) is 6.92 Å². The zero-order valence-electron chi connectivity index (χ0n) is 9.68. The van der Waals surface area contributed by atoms with Gasteiger partial charge in [-0.3, -0.25) is 0 Å². The van der Waals surface area contributed by atoms with Crippen molar-refractivity contribution < 1.29 is 14.3 Å². The Labute approximate surface area is 108 Å². The molecule has 1 aromatic heterocycles. The minimum atomic E-state index is -1.06. The van der Waals surface area contributed by atoms with Crippen LogP contribution < -0.4 is 0 Å². The third-order valence-corrected chi connectivity index (χ3v) is 3.37. The maximum absolute atomic E-state index is 13.6. The average molecular weight is 262 g/mol. The topological polar surface area (TPSA) is 37.3 Å². The zero-order valence-corrected chi connectivity index (χ0v) is 10.5. The number of thiophene rings is 1. The van der Waals surface area contributed by atoms with E-state index in [0.717, 1.165) is 5.56 Å². The van der Waals surface area contributed by atoms with E-state index < -0.39 is 11.8 Å². The number of hydrogen-bond donors (Lipinski definition) is 1. The maximum Gasteiger partial charge on any atom is 0.337 e. The number of halogens is 1. The summed E-state index contributed by atoms with van der Waals surface area (Å²) in [5.41, 5.74) is 1.29. The summed E-state index contributed by atoms with van der Waals surface area (Å²) < 4.78 is 13.6. The summed E-state index contributed by atoms with van der Waals surface area (Å²) in [6, 6.07) is 8.10. The van der Waals surface area contributed by atoms with Crippen LogP contribution in [0.15, 0.2) is 35.7 Å². The van der Waals surface area contributed by atoms with Crippen LogP contribution in [0, 0.1) is 12.7 Å². The predicted molar refractivity (Wildman–Crippen MR) is 71.0 cm³/mol. The normalized spacial score (nSPS) is 11.6. The van der Waals surface area contributed by atoms with Crippen molar-refractivity contribution in [1.29, 1.82) is 0 Å². The van der Waals surface area contributed by atoms with Crippen molar-refractivity contribution in [3.63, 3.8) is 0 Å². The molecular formula is C14H11FO2S. The Morgan fingerprint density at radius 2 is 2.17 bits per heavy atom. The zero-order chi connectivity index (χ0) is 13.1. The third-order valence-electron chi connectivity index (χ3n) is 2.47. The fourth-order valence-electron chi connectivity index (χ4n) is 1.60. The smallest absolute Gasteiger partial charge is 0.337 e. The molecule has 0 unspecified atom stereocenters. The van der Waals surface area contributed by atoms with Crippen LogP contribution in [0.5, 0.6) is 0 Å². The average Bonchev–Trinajstić information content (AvgIpc) is 2.83. The lowest BCUT2D eigenvalue weighted by Crippen LogP contribution is -1.98. The molecule has 2 nitrogen and oxygen atoms in total. The molecule has 1 aromatic carbocycles. The first-order valence-corrected chi connectivity index (χ1v) is 6.21. The Kier molecular flexibility index (Phi) is 3.58. The summed E-state index contributed by atoms with van der Waals surface area (Å²) in [6.45, 7) is 1.84. The highest BCUT2D eigenvalue weighted by atomic mass is 32.1. The minimum Gasteiger partial charge on any atom is -0.478 e. The van der Waals surface area contributed by atoms with Gasteiger partial charge in [-0.1, -0.05) is 17.7 Å². The molecule has 0 spiro atoms. The van der Waals surface area contributed by atoms with E-state index in [2.05, 4.69) is 0 Å². The SMILES string of the molecule is Cc1ccc(F)c(/C=C(/C(=O)O)c2cccs2)c1. The Morgan fingerprint density at radius 3 is 2.78 bits per heavy atom. The van der Waals surface area contributed by atoms with Gasteiger partial charge in [0.15, 0.2) is 0 Å². The molecule has 0 saturated carbocycles. The van der Waals surface area contributed by atoms with Crippen molar-refractivity contribution in [3.8, 4) is 0 Å². The highest BCUT2D eigenvalue weighted by Crippen LogP contribution is 2.24. The van der Waals surface area contributed by atoms with Crippen molar-refractivity contribution >= 4 is 29.0 Å². The van der Waals surface area contributed by atoms with Crippen LogP contribution in [0.25, 0.3) is 11.6 Å². The highest BCUT2D eigenvalue weighted by Gasteiger charge is 2.12. The molecule has 92 valence electrons. The quantitative estimate of drug-likeness (QED) is 0.854. The standard InChI is InChI=1S/C14H11FO2S/c1-9-4-5-12(15)10(7-9)8-11(14(16)17)13-3-2-6-18-13/h2-8H,1H3,(H,16,17)/b11-8+. The second-order valence-corrected chi connectivity index (χ2v) is 4.81. The van der Waals surface area contributed by atoms with Crippen LogP contribution in [0.3, 0.4) is 0 Å². The summed E-state index contributed by atoms with van der Waals surface area (Å²) in [7, 11) is 0. The van der Waals surface area contributed by atoms with Crippen LogP contribution in [0.4, 0.5) is 4.39 Å². The van der Waals surface area contributed by atoms with Crippen LogP contribution >= 0.6 is 11.3 Å². The van der Waals surface area contributed by atoms with Gasteiger partial charge in [0, 0.05) is 10.4 Å². The summed E-state index contributed by atoms with van der Waals surface area (Å²) in [4.78, 5) is 11.8. The molecule has 4 heteroatoms. The second kappa shape index (κ2) is 5.14. The van der Waals surface area contributed by atoms with Crippen LogP contribution in [-0.2, 0) is 4.79 Å². The summed E-state index contributed by atoms with van der Waals surface area (Å²) in [6.07, 6.45) is 1.37. The van der Waals surface area contributed by atoms with E-state index in [4.69, 9.17) is 0 Å². The fourth-order valence-corrected chi connectivity index (χ4v) is 2.33. The van der Waals surface area contributed by atoms with Gasteiger partial charge in [0.2, 0.25) is 0 Å². The number of hydrogen-bond acceptors (Lipinski definition) is 2. The van der Waals surface area contributed by atoms with E-state index in [1.807, 2.05) is 6.92 Å². The van der Waals surface area contributed by atoms with Gasteiger partial charge in [-0.25, -0.2) is 9.18 Å². The van der Waals surface area contributed by atoms with Crippen molar-refractivity contribution in [1.82, 2.24) is 0 Å². The van der Waals surface area contributed by atoms with Gasteiger partial charge >= 0.3 is 5.97 Å². The van der Waals surface area contributed by atoms with E-state index in [1.165, 1.54) is 23.5 Å². The molecular weight excluding hydrogens is 251 g/mol. The van der Waals surface area contributed by atoms with Crippen molar-refractivity contribution in [2.75, 3.05) is 0 Å². The summed E-state index contributed by atoms with van der Waals surface area (Å²) in [5.74, 6) is -1.48. The van der Waals surface area contributed by atoms with Crippen LogP contribution in [0.1, 0.15) is 16.0 Å². The monoisotopic (exact) mass is 262 g/mol. The van der Waals surface area contributed by atoms with Crippen molar-refractivity contribution in [3.05, 3.63) is 57.5 Å². The maximum atomic E-state index is 13.6. The molecule has 1 heterocycles. The molecule has 0 saturated heterocycles. The van der Waals surface area contributed by atoms with Crippen LogP contribution in [0.2, 0.25) is 0 Å². The Morgan fingerprint density at radius 1 is 1.39 bits per heavy atom. The van der Waals surface area contributed by atoms with Gasteiger partial charge in [0.1, 0.15) is 5.82 Å². The Balaban J connectivity index is 2.52. The number of aliphatic carboxylic acids is 1. The lowest BCUT2D eigenvalue weighted by Gasteiger charge is -2.02. The van der Waals surface area contributed by atoms with Gasteiger partial charge in [0.25, 0.3) is 0 Å². The predicted octanol–water partition coefficient (Wildman–Crippen LogP) is 3.82. The van der Waals surface area contributed by atoms with E-state index in [0.29, 0.717) is 10.4 Å². The molecule has 18 heavy (non-hydrogen) atoms. The van der Waals surface area contributed by atoms with Crippen molar-refractivity contribution in [2.24, 2.45) is 0 Å². The molecule has 0 fully saturated rings. The lowest BCUT2D eigenvalue weighted by atomic mass is 10.1. The first-order chi connectivity index (χ1) is 8.58. The Bertz CT molecular complexity index is 600. The third kappa shape index (κ3) is 2.65. The van der Waals surface area contributed by atoms with Crippen LogP contribution in [-0.4, -0.2) is 11.1 Å². The highest BCUT2D eigenvalue weighted by molar-refractivity contribution is 7.11. The molecule has 0 amide bonds. The number of carboxylic acid groups (broad SMARTS) is 1. The molecule has 0 aliphatic rings. The fraction of sp³-hybridized carbons (Fsp3) is 0.0714. The first-order valence-electron chi connectivity index (χ1n) is 5.33. The lowest BCUT2D eigenvalue weighted by molar-refractivity contribution is -0.130. The summed E-state index contributed by atoms with van der Waals surface area (Å²) in [5, 5.41) is 11.0. The van der Waals surface area contributed by atoms with Gasteiger partial charge in [-0.2, -0.15) is 0 Å². The number of carbonyl (C=O) groups is 1. The molecule has 0 atom stereocenters. The number of carboxylic acids is 1. The molecule has 2 rings (SSSR count). The molecule has 0 bridgehead atoms. The molecule has 2 aromatic rings. The Hall–Kier alpha value is -1.94.